The fourth-order valence-corrected chi connectivity index (χ4v) is 3.89. The highest BCUT2D eigenvalue weighted by Gasteiger charge is 2.31. The Labute approximate surface area is 166 Å². The highest BCUT2D eigenvalue weighted by molar-refractivity contribution is 6.30. The number of amides is 1. The van der Waals surface area contributed by atoms with Crippen LogP contribution in [0.5, 0.6) is 0 Å². The first kappa shape index (κ1) is 17.0. The lowest BCUT2D eigenvalue weighted by atomic mass is 10.2. The van der Waals surface area contributed by atoms with Gasteiger partial charge in [0, 0.05) is 29.9 Å². The fourth-order valence-electron chi connectivity index (χ4n) is 3.77. The van der Waals surface area contributed by atoms with E-state index in [9.17, 15) is 4.79 Å². The number of fused-ring (bicyclic) bond motifs is 1. The van der Waals surface area contributed by atoms with Gasteiger partial charge in [-0.2, -0.15) is 0 Å². The van der Waals surface area contributed by atoms with E-state index in [0.717, 1.165) is 23.4 Å². The Balaban J connectivity index is 1.49. The van der Waals surface area contributed by atoms with E-state index >= 15 is 0 Å². The molecule has 4 aromatic rings. The van der Waals surface area contributed by atoms with Gasteiger partial charge in [-0.05, 0) is 55.0 Å². The lowest BCUT2D eigenvalue weighted by Gasteiger charge is -2.18. The third kappa shape index (κ3) is 2.86. The van der Waals surface area contributed by atoms with E-state index in [2.05, 4.69) is 9.55 Å². The summed E-state index contributed by atoms with van der Waals surface area (Å²) in [4.78, 5) is 24.0. The molecule has 6 nitrogen and oxygen atoms in total. The second-order valence-electron chi connectivity index (χ2n) is 6.83. The molecule has 1 aliphatic heterocycles. The zero-order valence-corrected chi connectivity index (χ0v) is 15.7. The van der Waals surface area contributed by atoms with Crippen LogP contribution in [0.1, 0.15) is 22.8 Å². The maximum atomic E-state index is 12.9. The molecule has 1 saturated heterocycles. The summed E-state index contributed by atoms with van der Waals surface area (Å²) in [6.07, 6.45) is 4.23. The van der Waals surface area contributed by atoms with E-state index in [-0.39, 0.29) is 11.9 Å². The van der Waals surface area contributed by atoms with Crippen LogP contribution in [0.25, 0.3) is 22.7 Å². The summed E-state index contributed by atoms with van der Waals surface area (Å²) in [5, 5.41) is 0.620. The van der Waals surface area contributed by atoms with Crippen molar-refractivity contribution in [3.8, 4) is 11.6 Å². The molecule has 1 aromatic carbocycles. The van der Waals surface area contributed by atoms with Gasteiger partial charge in [0.2, 0.25) is 0 Å². The number of furan rings is 1. The predicted octanol–water partition coefficient (Wildman–Crippen LogP) is 4.43. The van der Waals surface area contributed by atoms with Crippen LogP contribution in [-0.4, -0.2) is 38.4 Å². The molecule has 4 heterocycles. The van der Waals surface area contributed by atoms with Crippen LogP contribution in [0, 0.1) is 0 Å². The molecule has 0 saturated carbocycles. The molecule has 140 valence electrons. The van der Waals surface area contributed by atoms with Gasteiger partial charge in [0.05, 0.1) is 12.3 Å². The lowest BCUT2D eigenvalue weighted by molar-refractivity contribution is 0.0788. The molecule has 7 heteroatoms. The van der Waals surface area contributed by atoms with E-state index in [4.69, 9.17) is 21.0 Å². The largest absolute Gasteiger partial charge is 0.461 e. The molecule has 0 radical (unpaired) electrons. The minimum absolute atomic E-state index is 0.0103. The van der Waals surface area contributed by atoms with Crippen LogP contribution < -0.4 is 0 Å². The van der Waals surface area contributed by atoms with Gasteiger partial charge >= 0.3 is 0 Å². The van der Waals surface area contributed by atoms with Crippen LogP contribution in [0.3, 0.4) is 0 Å². The van der Waals surface area contributed by atoms with Crippen molar-refractivity contribution in [1.82, 2.24) is 19.4 Å². The van der Waals surface area contributed by atoms with Gasteiger partial charge in [-0.15, -0.1) is 0 Å². The normalized spacial score (nSPS) is 16.8. The van der Waals surface area contributed by atoms with Crippen molar-refractivity contribution in [3.05, 3.63) is 71.6 Å². The summed E-state index contributed by atoms with van der Waals surface area (Å²) in [5.74, 6) is 1.45. The standard InChI is InChI=1S/C21H17ClN4O2/c22-15-7-5-14(6-8-15)21(27)25-11-9-16(13-25)26-19-17(3-1-10-23-19)24-20(26)18-4-2-12-28-18/h1-8,10,12,16H,9,11,13H2. The van der Waals surface area contributed by atoms with Crippen molar-refractivity contribution < 1.29 is 9.21 Å². The summed E-state index contributed by atoms with van der Waals surface area (Å²) < 4.78 is 7.70. The Morgan fingerprint density at radius 1 is 1.14 bits per heavy atom. The minimum Gasteiger partial charge on any atom is -0.461 e. The number of aromatic nitrogens is 3. The maximum Gasteiger partial charge on any atom is 0.253 e. The number of pyridine rings is 1. The zero-order valence-electron chi connectivity index (χ0n) is 15.0. The molecule has 1 fully saturated rings. The van der Waals surface area contributed by atoms with E-state index < -0.39 is 0 Å². The Bertz CT molecular complexity index is 1140. The van der Waals surface area contributed by atoms with Gasteiger partial charge in [0.15, 0.2) is 17.2 Å². The molecular formula is C21H17ClN4O2. The Hall–Kier alpha value is -3.12. The van der Waals surface area contributed by atoms with E-state index in [1.807, 2.05) is 29.2 Å². The van der Waals surface area contributed by atoms with Gasteiger partial charge in [0.25, 0.3) is 5.91 Å². The number of nitrogens with zero attached hydrogens (tertiary/aromatic N) is 4. The third-order valence-electron chi connectivity index (χ3n) is 5.10. The van der Waals surface area contributed by atoms with Crippen molar-refractivity contribution in [2.75, 3.05) is 13.1 Å². The van der Waals surface area contributed by atoms with Gasteiger partial charge in [0.1, 0.15) is 5.52 Å². The number of hydrogen-bond donors (Lipinski definition) is 0. The van der Waals surface area contributed by atoms with Crippen molar-refractivity contribution in [3.63, 3.8) is 0 Å². The molecule has 0 N–H and O–H groups in total. The summed E-state index contributed by atoms with van der Waals surface area (Å²) in [7, 11) is 0. The van der Waals surface area contributed by atoms with Gasteiger partial charge in [-0.3, -0.25) is 4.79 Å². The van der Waals surface area contributed by atoms with E-state index in [0.29, 0.717) is 29.4 Å². The molecule has 1 unspecified atom stereocenters. The van der Waals surface area contributed by atoms with Crippen LogP contribution in [0.4, 0.5) is 0 Å². The van der Waals surface area contributed by atoms with Crippen LogP contribution in [-0.2, 0) is 0 Å². The molecule has 1 aliphatic rings. The predicted molar refractivity (Wildman–Crippen MR) is 106 cm³/mol. The number of carbonyl (C=O) groups excluding carboxylic acids is 1. The van der Waals surface area contributed by atoms with Gasteiger partial charge in [-0.1, -0.05) is 11.6 Å². The molecule has 0 bridgehead atoms. The van der Waals surface area contributed by atoms with Crippen LogP contribution in [0.2, 0.25) is 5.02 Å². The van der Waals surface area contributed by atoms with Crippen LogP contribution in [0.15, 0.2) is 65.4 Å². The lowest BCUT2D eigenvalue weighted by Crippen LogP contribution is -2.29. The maximum absolute atomic E-state index is 12.9. The average Bonchev–Trinajstić information content (AvgIpc) is 3.46. The van der Waals surface area contributed by atoms with Crippen molar-refractivity contribution in [2.24, 2.45) is 0 Å². The minimum atomic E-state index is 0.0103. The highest BCUT2D eigenvalue weighted by Crippen LogP contribution is 2.32. The Morgan fingerprint density at radius 3 is 2.79 bits per heavy atom. The first-order valence-corrected chi connectivity index (χ1v) is 9.50. The van der Waals surface area contributed by atoms with Crippen molar-refractivity contribution in [2.45, 2.75) is 12.5 Å². The first-order valence-electron chi connectivity index (χ1n) is 9.12. The monoisotopic (exact) mass is 392 g/mol. The number of benzene rings is 1. The number of rotatable bonds is 3. The number of hydrogen-bond acceptors (Lipinski definition) is 4. The molecular weight excluding hydrogens is 376 g/mol. The van der Waals surface area contributed by atoms with E-state index in [1.165, 1.54) is 0 Å². The molecule has 1 amide bonds. The third-order valence-corrected chi connectivity index (χ3v) is 5.35. The second-order valence-corrected chi connectivity index (χ2v) is 7.27. The molecule has 1 atom stereocenters. The van der Waals surface area contributed by atoms with Crippen molar-refractivity contribution in [1.29, 1.82) is 0 Å². The molecule has 28 heavy (non-hydrogen) atoms. The highest BCUT2D eigenvalue weighted by atomic mass is 35.5. The molecule has 5 rings (SSSR count). The quantitative estimate of drug-likeness (QED) is 0.517. The molecule has 0 aliphatic carbocycles. The number of carbonyl (C=O) groups is 1. The van der Waals surface area contributed by atoms with Gasteiger partial charge < -0.3 is 13.9 Å². The molecule has 3 aromatic heterocycles. The fraction of sp³-hybridized carbons (Fsp3) is 0.190. The Morgan fingerprint density at radius 2 is 2.00 bits per heavy atom. The summed E-state index contributed by atoms with van der Waals surface area (Å²) in [6.45, 7) is 1.27. The Kier molecular flexibility index (Phi) is 4.13. The van der Waals surface area contributed by atoms with Gasteiger partial charge in [-0.25, -0.2) is 9.97 Å². The van der Waals surface area contributed by atoms with Crippen LogP contribution >= 0.6 is 11.6 Å². The summed E-state index contributed by atoms with van der Waals surface area (Å²) in [6, 6.07) is 14.6. The average molecular weight is 393 g/mol. The smallest absolute Gasteiger partial charge is 0.253 e. The molecule has 0 spiro atoms. The number of imidazole rings is 1. The van der Waals surface area contributed by atoms with Crippen molar-refractivity contribution >= 4 is 28.7 Å². The first-order chi connectivity index (χ1) is 13.7. The summed E-state index contributed by atoms with van der Waals surface area (Å²) >= 11 is 5.94. The number of halogens is 1. The van der Waals surface area contributed by atoms with E-state index in [1.54, 1.807) is 36.7 Å². The second kappa shape index (κ2) is 6.80. The zero-order chi connectivity index (χ0) is 19.1. The summed E-state index contributed by atoms with van der Waals surface area (Å²) in [5.41, 5.74) is 2.26. The topological polar surface area (TPSA) is 64.2 Å². The number of likely N-dealkylation sites (tertiary alicyclic amines) is 1. The SMILES string of the molecule is O=C(c1ccc(Cl)cc1)N1CCC(n2c(-c3ccco3)nc3cccnc32)C1.